The fraction of sp³-hybridized carbons (Fsp3) is 0.600. The van der Waals surface area contributed by atoms with Crippen LogP contribution in [0.15, 0.2) is 18.2 Å². The van der Waals surface area contributed by atoms with Crippen molar-refractivity contribution in [3.63, 3.8) is 0 Å². The number of anilines is 1. The topological polar surface area (TPSA) is 15.3 Å². The van der Waals surface area contributed by atoms with Crippen molar-refractivity contribution in [1.82, 2.24) is 5.32 Å². The second-order valence-corrected chi connectivity index (χ2v) is 5.50. The van der Waals surface area contributed by atoms with Gasteiger partial charge in [-0.3, -0.25) is 0 Å². The van der Waals surface area contributed by atoms with Crippen molar-refractivity contribution in [3.05, 3.63) is 29.3 Å². The zero-order valence-corrected chi connectivity index (χ0v) is 11.5. The van der Waals surface area contributed by atoms with Crippen LogP contribution < -0.4 is 10.2 Å². The minimum atomic E-state index is 0.590. The highest BCUT2D eigenvalue weighted by Crippen LogP contribution is 2.25. The first kappa shape index (κ1) is 12.4. The minimum Gasteiger partial charge on any atom is -0.369 e. The quantitative estimate of drug-likeness (QED) is 0.843. The fourth-order valence-corrected chi connectivity index (χ4v) is 2.61. The average molecular weight is 232 g/mol. The van der Waals surface area contributed by atoms with Gasteiger partial charge in [0, 0.05) is 31.4 Å². The average Bonchev–Trinajstić information content (AvgIpc) is 2.29. The summed E-state index contributed by atoms with van der Waals surface area (Å²) in [5.41, 5.74) is 4.27. The van der Waals surface area contributed by atoms with Crippen molar-refractivity contribution in [2.24, 2.45) is 0 Å². The van der Waals surface area contributed by atoms with Gasteiger partial charge in [0.15, 0.2) is 0 Å². The number of nitrogens with one attached hydrogen (secondary N) is 1. The Labute approximate surface area is 105 Å². The molecule has 1 N–H and O–H groups in total. The minimum absolute atomic E-state index is 0.590. The van der Waals surface area contributed by atoms with E-state index in [2.05, 4.69) is 56.1 Å². The lowest BCUT2D eigenvalue weighted by Gasteiger charge is -2.34. The lowest BCUT2D eigenvalue weighted by atomic mass is 9.97. The number of benzene rings is 1. The normalized spacial score (nSPS) is 21.0. The molecule has 0 spiro atoms. The Hall–Kier alpha value is -1.02. The molecule has 1 aliphatic heterocycles. The molecule has 0 radical (unpaired) electrons. The van der Waals surface area contributed by atoms with Gasteiger partial charge in [0.2, 0.25) is 0 Å². The van der Waals surface area contributed by atoms with Crippen LogP contribution in [0.3, 0.4) is 0 Å². The van der Waals surface area contributed by atoms with Crippen LogP contribution >= 0.6 is 0 Å². The maximum absolute atomic E-state index is 3.49. The molecular formula is C15H24N2. The first-order valence-electron chi connectivity index (χ1n) is 6.67. The molecule has 0 aliphatic carbocycles. The molecule has 1 atom stereocenters. The Balaban J connectivity index is 2.23. The first-order valence-corrected chi connectivity index (χ1v) is 6.67. The van der Waals surface area contributed by atoms with Crippen molar-refractivity contribution in [2.75, 3.05) is 24.5 Å². The lowest BCUT2D eigenvalue weighted by molar-refractivity contribution is 0.484. The third-order valence-corrected chi connectivity index (χ3v) is 3.62. The van der Waals surface area contributed by atoms with Gasteiger partial charge in [-0.1, -0.05) is 19.9 Å². The Morgan fingerprint density at radius 2 is 2.12 bits per heavy atom. The van der Waals surface area contributed by atoms with Gasteiger partial charge in [-0.05, 0) is 43.0 Å². The summed E-state index contributed by atoms with van der Waals surface area (Å²) < 4.78 is 0. The largest absolute Gasteiger partial charge is 0.369 e. The molecule has 1 aromatic carbocycles. The molecule has 1 aliphatic rings. The number of hydrogen-bond acceptors (Lipinski definition) is 2. The van der Waals surface area contributed by atoms with Crippen LogP contribution in [0.25, 0.3) is 0 Å². The predicted octanol–water partition coefficient (Wildman–Crippen LogP) is 2.92. The molecule has 1 aromatic rings. The van der Waals surface area contributed by atoms with Gasteiger partial charge in [-0.2, -0.15) is 0 Å². The van der Waals surface area contributed by atoms with E-state index in [1.54, 1.807) is 0 Å². The SMILES string of the molecule is Cc1ccc(N2CCNC(C)C2)cc1C(C)C. The highest BCUT2D eigenvalue weighted by molar-refractivity contribution is 5.52. The van der Waals surface area contributed by atoms with E-state index >= 15 is 0 Å². The molecule has 1 unspecified atom stereocenters. The van der Waals surface area contributed by atoms with Crippen LogP contribution in [0.4, 0.5) is 5.69 Å². The number of aryl methyl sites for hydroxylation is 1. The van der Waals surface area contributed by atoms with Crippen molar-refractivity contribution >= 4 is 5.69 Å². The zero-order chi connectivity index (χ0) is 12.4. The highest BCUT2D eigenvalue weighted by atomic mass is 15.2. The summed E-state index contributed by atoms with van der Waals surface area (Å²) in [7, 11) is 0. The second-order valence-electron chi connectivity index (χ2n) is 5.50. The molecule has 1 heterocycles. The summed E-state index contributed by atoms with van der Waals surface area (Å²) in [5, 5.41) is 3.49. The van der Waals surface area contributed by atoms with Gasteiger partial charge in [0.1, 0.15) is 0 Å². The van der Waals surface area contributed by atoms with E-state index in [4.69, 9.17) is 0 Å². The molecule has 1 fully saturated rings. The molecule has 1 saturated heterocycles. The summed E-state index contributed by atoms with van der Waals surface area (Å²) >= 11 is 0. The predicted molar refractivity (Wildman–Crippen MR) is 74.9 cm³/mol. The maximum atomic E-state index is 3.49. The van der Waals surface area contributed by atoms with Crippen molar-refractivity contribution in [1.29, 1.82) is 0 Å². The summed E-state index contributed by atoms with van der Waals surface area (Å²) in [6.07, 6.45) is 0. The monoisotopic (exact) mass is 232 g/mol. The highest BCUT2D eigenvalue weighted by Gasteiger charge is 2.16. The summed E-state index contributed by atoms with van der Waals surface area (Å²) in [6, 6.07) is 7.49. The summed E-state index contributed by atoms with van der Waals surface area (Å²) in [5.74, 6) is 0.607. The number of piperazine rings is 1. The Morgan fingerprint density at radius 1 is 1.35 bits per heavy atom. The molecule has 0 aromatic heterocycles. The third-order valence-electron chi connectivity index (χ3n) is 3.62. The van der Waals surface area contributed by atoms with E-state index in [-0.39, 0.29) is 0 Å². The van der Waals surface area contributed by atoms with Crippen LogP contribution in [-0.4, -0.2) is 25.7 Å². The molecule has 94 valence electrons. The van der Waals surface area contributed by atoms with Gasteiger partial charge in [-0.25, -0.2) is 0 Å². The zero-order valence-electron chi connectivity index (χ0n) is 11.5. The molecule has 0 saturated carbocycles. The van der Waals surface area contributed by atoms with Gasteiger partial charge in [0.05, 0.1) is 0 Å². The van der Waals surface area contributed by atoms with E-state index in [1.807, 2.05) is 0 Å². The molecular weight excluding hydrogens is 208 g/mol. The third kappa shape index (κ3) is 2.81. The Bertz CT molecular complexity index is 385. The number of rotatable bonds is 2. The first-order chi connectivity index (χ1) is 8.08. The van der Waals surface area contributed by atoms with Crippen LogP contribution in [0.2, 0.25) is 0 Å². The van der Waals surface area contributed by atoms with E-state index in [0.29, 0.717) is 12.0 Å². The van der Waals surface area contributed by atoms with Crippen LogP contribution in [0.1, 0.15) is 37.8 Å². The van der Waals surface area contributed by atoms with Gasteiger partial charge >= 0.3 is 0 Å². The number of hydrogen-bond donors (Lipinski definition) is 1. The van der Waals surface area contributed by atoms with E-state index in [0.717, 1.165) is 19.6 Å². The van der Waals surface area contributed by atoms with E-state index < -0.39 is 0 Å². The smallest absolute Gasteiger partial charge is 0.0370 e. The van der Waals surface area contributed by atoms with Crippen LogP contribution in [0.5, 0.6) is 0 Å². The maximum Gasteiger partial charge on any atom is 0.0370 e. The van der Waals surface area contributed by atoms with Crippen LogP contribution in [-0.2, 0) is 0 Å². The molecule has 0 amide bonds. The van der Waals surface area contributed by atoms with Crippen molar-refractivity contribution in [3.8, 4) is 0 Å². The van der Waals surface area contributed by atoms with Crippen molar-refractivity contribution in [2.45, 2.75) is 39.7 Å². The number of nitrogens with zero attached hydrogens (tertiary/aromatic N) is 1. The molecule has 2 rings (SSSR count). The summed E-state index contributed by atoms with van der Waals surface area (Å²) in [4.78, 5) is 2.49. The Morgan fingerprint density at radius 3 is 2.76 bits per heavy atom. The molecule has 0 bridgehead atoms. The Kier molecular flexibility index (Phi) is 3.72. The van der Waals surface area contributed by atoms with Crippen LogP contribution in [0, 0.1) is 6.92 Å². The van der Waals surface area contributed by atoms with Gasteiger partial charge < -0.3 is 10.2 Å². The lowest BCUT2D eigenvalue weighted by Crippen LogP contribution is -2.49. The molecule has 17 heavy (non-hydrogen) atoms. The fourth-order valence-electron chi connectivity index (χ4n) is 2.61. The molecule has 2 heteroatoms. The van der Waals surface area contributed by atoms with Gasteiger partial charge in [0.25, 0.3) is 0 Å². The van der Waals surface area contributed by atoms with E-state index in [1.165, 1.54) is 16.8 Å². The van der Waals surface area contributed by atoms with E-state index in [9.17, 15) is 0 Å². The van der Waals surface area contributed by atoms with Gasteiger partial charge in [-0.15, -0.1) is 0 Å². The summed E-state index contributed by atoms with van der Waals surface area (Å²) in [6.45, 7) is 12.3. The molecule has 2 nitrogen and oxygen atoms in total. The second kappa shape index (κ2) is 5.09. The standard InChI is InChI=1S/C15H24N2/c1-11(2)15-9-14(6-5-12(15)3)17-8-7-16-13(4)10-17/h5-6,9,11,13,16H,7-8,10H2,1-4H3. The van der Waals surface area contributed by atoms with Crippen molar-refractivity contribution < 1.29 is 0 Å².